The van der Waals surface area contributed by atoms with Gasteiger partial charge >= 0.3 is 0 Å². The number of rotatable bonds is 6. The van der Waals surface area contributed by atoms with Gasteiger partial charge in [-0.1, -0.05) is 61.7 Å². The van der Waals surface area contributed by atoms with Crippen molar-refractivity contribution >= 4 is 0 Å². The number of ether oxygens (including phenoxy) is 1. The van der Waals surface area contributed by atoms with E-state index in [1.807, 2.05) is 0 Å². The molecule has 30 heavy (non-hydrogen) atoms. The van der Waals surface area contributed by atoms with E-state index in [1.165, 1.54) is 75.7 Å². The molecule has 3 nitrogen and oxygen atoms in total. The number of piperazine rings is 1. The summed E-state index contributed by atoms with van der Waals surface area (Å²) in [6.07, 6.45) is 9.98. The first-order valence-corrected chi connectivity index (χ1v) is 12.1. The first-order valence-electron chi connectivity index (χ1n) is 12.1. The fraction of sp³-hybridized carbons (Fsp3) is 0.556. The average molecular weight is 405 g/mol. The molecule has 0 spiro atoms. The first kappa shape index (κ1) is 20.1. The van der Waals surface area contributed by atoms with Crippen LogP contribution in [0.25, 0.3) is 0 Å². The van der Waals surface area contributed by atoms with Gasteiger partial charge in [0.1, 0.15) is 12.4 Å². The van der Waals surface area contributed by atoms with Crippen LogP contribution in [0.4, 0.5) is 0 Å². The zero-order valence-corrected chi connectivity index (χ0v) is 18.2. The molecule has 3 aliphatic rings. The van der Waals surface area contributed by atoms with E-state index in [0.717, 1.165) is 30.3 Å². The maximum Gasteiger partial charge on any atom is 0.120 e. The van der Waals surface area contributed by atoms with E-state index in [0.29, 0.717) is 6.61 Å². The van der Waals surface area contributed by atoms with E-state index in [-0.39, 0.29) is 0 Å². The molecule has 0 unspecified atom stereocenters. The summed E-state index contributed by atoms with van der Waals surface area (Å²) >= 11 is 0. The summed E-state index contributed by atoms with van der Waals surface area (Å²) in [4.78, 5) is 5.63. The largest absolute Gasteiger partial charge is 0.489 e. The Balaban J connectivity index is 1.28. The Kier molecular flexibility index (Phi) is 6.38. The molecule has 3 fully saturated rings. The van der Waals surface area contributed by atoms with Crippen LogP contribution in [0.5, 0.6) is 5.75 Å². The maximum absolute atomic E-state index is 6.11. The van der Waals surface area contributed by atoms with Gasteiger partial charge in [-0.25, -0.2) is 0 Å². The molecule has 5 rings (SSSR count). The van der Waals surface area contributed by atoms with Crippen LogP contribution in [0.2, 0.25) is 0 Å². The molecule has 0 aromatic heterocycles. The normalized spacial score (nSPS) is 25.9. The molecule has 1 aliphatic carbocycles. The fourth-order valence-corrected chi connectivity index (χ4v) is 6.15. The van der Waals surface area contributed by atoms with E-state index < -0.39 is 0 Å². The minimum absolute atomic E-state index is 0.635. The summed E-state index contributed by atoms with van der Waals surface area (Å²) in [7, 11) is 0. The van der Waals surface area contributed by atoms with Crippen LogP contribution in [0.1, 0.15) is 56.1 Å². The van der Waals surface area contributed by atoms with Gasteiger partial charge in [0, 0.05) is 31.7 Å². The molecule has 0 bridgehead atoms. The summed E-state index contributed by atoms with van der Waals surface area (Å²) in [6.45, 7) is 5.49. The number of nitrogens with zero attached hydrogens (tertiary/aromatic N) is 2. The van der Waals surface area contributed by atoms with Gasteiger partial charge in [0.25, 0.3) is 0 Å². The lowest BCUT2D eigenvalue weighted by Gasteiger charge is -2.49. The van der Waals surface area contributed by atoms with Crippen molar-refractivity contribution in [3.05, 3.63) is 65.7 Å². The van der Waals surface area contributed by atoms with Crippen LogP contribution in [0.3, 0.4) is 0 Å². The molecule has 160 valence electrons. The molecule has 2 saturated heterocycles. The van der Waals surface area contributed by atoms with Crippen LogP contribution >= 0.6 is 0 Å². The Morgan fingerprint density at radius 1 is 0.767 bits per heavy atom. The fourth-order valence-electron chi connectivity index (χ4n) is 6.15. The standard InChI is InChI=1S/C27H36N2O/c1-3-9-22(10-4-1)21-30-25-14-7-11-23(19-25)20-29-18-17-28-16-8-15-26(28)27(29)24-12-5-2-6-13-24/h1,3-4,7,9-11,14,19,24,26-27H,2,5-6,8,12-13,15-18,20-21H2/t26-,27-/m1/s1. The topological polar surface area (TPSA) is 15.7 Å². The second kappa shape index (κ2) is 9.53. The van der Waals surface area contributed by atoms with E-state index in [1.54, 1.807) is 0 Å². The third-order valence-electron chi connectivity index (χ3n) is 7.57. The molecule has 2 aromatic carbocycles. The maximum atomic E-state index is 6.11. The summed E-state index contributed by atoms with van der Waals surface area (Å²) in [5.41, 5.74) is 2.62. The van der Waals surface area contributed by atoms with Crippen molar-refractivity contribution in [1.29, 1.82) is 0 Å². The van der Waals surface area contributed by atoms with Gasteiger partial charge in [0.2, 0.25) is 0 Å². The van der Waals surface area contributed by atoms with Crippen LogP contribution in [0, 0.1) is 5.92 Å². The lowest BCUT2D eigenvalue weighted by Crippen LogP contribution is -2.59. The van der Waals surface area contributed by atoms with Crippen molar-refractivity contribution in [3.8, 4) is 5.75 Å². The van der Waals surface area contributed by atoms with E-state index in [2.05, 4.69) is 64.4 Å². The summed E-state index contributed by atoms with van der Waals surface area (Å²) in [5, 5.41) is 0. The van der Waals surface area contributed by atoms with Crippen LogP contribution < -0.4 is 4.74 Å². The number of hydrogen-bond acceptors (Lipinski definition) is 3. The Morgan fingerprint density at radius 3 is 2.47 bits per heavy atom. The van der Waals surface area contributed by atoms with Crippen molar-refractivity contribution in [2.24, 2.45) is 5.92 Å². The lowest BCUT2D eigenvalue weighted by atomic mass is 9.78. The average Bonchev–Trinajstić information content (AvgIpc) is 3.28. The highest BCUT2D eigenvalue weighted by molar-refractivity contribution is 5.29. The second-order valence-corrected chi connectivity index (χ2v) is 9.53. The predicted molar refractivity (Wildman–Crippen MR) is 123 cm³/mol. The first-order chi connectivity index (χ1) is 14.9. The number of hydrogen-bond donors (Lipinski definition) is 0. The van der Waals surface area contributed by atoms with Gasteiger partial charge in [-0.05, 0) is 61.4 Å². The molecule has 2 aliphatic heterocycles. The Bertz CT molecular complexity index is 802. The number of fused-ring (bicyclic) bond motifs is 1. The molecular formula is C27H36N2O. The Labute approximate surface area is 182 Å². The lowest BCUT2D eigenvalue weighted by molar-refractivity contribution is -0.00383. The summed E-state index contributed by atoms with van der Waals surface area (Å²) < 4.78 is 6.11. The molecular weight excluding hydrogens is 368 g/mol. The highest BCUT2D eigenvalue weighted by Gasteiger charge is 2.42. The minimum Gasteiger partial charge on any atom is -0.489 e. The molecule has 1 saturated carbocycles. The van der Waals surface area contributed by atoms with Gasteiger partial charge in [0.05, 0.1) is 0 Å². The monoisotopic (exact) mass is 404 g/mol. The van der Waals surface area contributed by atoms with Crippen LogP contribution in [-0.4, -0.2) is 41.5 Å². The molecule has 0 amide bonds. The highest BCUT2D eigenvalue weighted by atomic mass is 16.5. The van der Waals surface area contributed by atoms with E-state index in [9.17, 15) is 0 Å². The highest BCUT2D eigenvalue weighted by Crippen LogP contribution is 2.38. The molecule has 0 N–H and O–H groups in total. The van der Waals surface area contributed by atoms with Crippen LogP contribution in [0.15, 0.2) is 54.6 Å². The SMILES string of the molecule is c1ccc(COc2cccc(CN3CCN4CCC[C@@H]4[C@H]3C3CCCCC3)c2)cc1. The molecule has 2 heterocycles. The minimum atomic E-state index is 0.635. The molecule has 3 heteroatoms. The Morgan fingerprint density at radius 2 is 1.60 bits per heavy atom. The van der Waals surface area contributed by atoms with Crippen molar-refractivity contribution in [1.82, 2.24) is 9.80 Å². The molecule has 2 aromatic rings. The molecule has 0 radical (unpaired) electrons. The van der Waals surface area contributed by atoms with E-state index >= 15 is 0 Å². The van der Waals surface area contributed by atoms with Crippen molar-refractivity contribution < 1.29 is 4.74 Å². The quantitative estimate of drug-likeness (QED) is 0.633. The summed E-state index contributed by atoms with van der Waals surface area (Å²) in [6, 6.07) is 20.8. The second-order valence-electron chi connectivity index (χ2n) is 9.53. The van der Waals surface area contributed by atoms with Gasteiger partial charge in [-0.15, -0.1) is 0 Å². The van der Waals surface area contributed by atoms with Crippen molar-refractivity contribution in [2.45, 2.75) is 70.2 Å². The van der Waals surface area contributed by atoms with Gasteiger partial charge in [0.15, 0.2) is 0 Å². The third-order valence-corrected chi connectivity index (χ3v) is 7.57. The summed E-state index contributed by atoms with van der Waals surface area (Å²) in [5.74, 6) is 1.88. The van der Waals surface area contributed by atoms with Gasteiger partial charge in [-0.3, -0.25) is 9.80 Å². The van der Waals surface area contributed by atoms with Crippen molar-refractivity contribution in [3.63, 3.8) is 0 Å². The zero-order chi connectivity index (χ0) is 20.2. The Hall–Kier alpha value is -1.84. The van der Waals surface area contributed by atoms with Gasteiger partial charge in [-0.2, -0.15) is 0 Å². The van der Waals surface area contributed by atoms with E-state index in [4.69, 9.17) is 4.74 Å². The van der Waals surface area contributed by atoms with Crippen molar-refractivity contribution in [2.75, 3.05) is 19.6 Å². The third kappa shape index (κ3) is 4.58. The smallest absolute Gasteiger partial charge is 0.120 e. The van der Waals surface area contributed by atoms with Gasteiger partial charge < -0.3 is 4.74 Å². The predicted octanol–water partition coefficient (Wildman–Crippen LogP) is 5.49. The number of benzene rings is 2. The molecule has 2 atom stereocenters. The van der Waals surface area contributed by atoms with Crippen LogP contribution in [-0.2, 0) is 13.2 Å². The zero-order valence-electron chi connectivity index (χ0n) is 18.2.